The number of nitrogens with zero attached hydrogens (tertiary/aromatic N) is 2. The summed E-state index contributed by atoms with van der Waals surface area (Å²) in [5, 5.41) is 17.5. The van der Waals surface area contributed by atoms with Gasteiger partial charge in [0.1, 0.15) is 0 Å². The zero-order valence-electron chi connectivity index (χ0n) is 12.1. The van der Waals surface area contributed by atoms with Gasteiger partial charge in [-0.25, -0.2) is 4.79 Å². The van der Waals surface area contributed by atoms with Crippen molar-refractivity contribution in [1.29, 1.82) is 5.26 Å². The first kappa shape index (κ1) is 15.8. The number of rotatable bonds is 6. The van der Waals surface area contributed by atoms with E-state index in [0.29, 0.717) is 6.54 Å². The number of carboxylic acids is 1. The van der Waals surface area contributed by atoms with Gasteiger partial charge in [0.05, 0.1) is 12.0 Å². The van der Waals surface area contributed by atoms with Gasteiger partial charge in [0.2, 0.25) is 0 Å². The van der Waals surface area contributed by atoms with E-state index >= 15 is 0 Å². The molecule has 1 atom stereocenters. The summed E-state index contributed by atoms with van der Waals surface area (Å²) in [4.78, 5) is 12.7. The first-order valence-corrected chi connectivity index (χ1v) is 6.64. The zero-order valence-corrected chi connectivity index (χ0v) is 12.1. The van der Waals surface area contributed by atoms with Crippen molar-refractivity contribution in [3.8, 4) is 6.07 Å². The first-order valence-electron chi connectivity index (χ1n) is 6.64. The molecule has 0 radical (unpaired) electrons. The second-order valence-electron chi connectivity index (χ2n) is 4.79. The average Bonchev–Trinajstić information content (AvgIpc) is 2.42. The van der Waals surface area contributed by atoms with Crippen molar-refractivity contribution in [3.63, 3.8) is 0 Å². The van der Waals surface area contributed by atoms with E-state index in [-0.39, 0.29) is 5.92 Å². The summed E-state index contributed by atoms with van der Waals surface area (Å²) >= 11 is 0. The standard InChI is InChI=1S/C16H20N2O2/c1-4-18(11-12(2)10-17)15-7-5-14(9-13(15)3)6-8-16(19)20/h5-9,12H,4,11H2,1-3H3,(H,19,20). The maximum atomic E-state index is 10.5. The minimum absolute atomic E-state index is 0.0269. The van der Waals surface area contributed by atoms with Gasteiger partial charge in [-0.05, 0) is 50.1 Å². The molecule has 4 nitrogen and oxygen atoms in total. The summed E-state index contributed by atoms with van der Waals surface area (Å²) < 4.78 is 0. The van der Waals surface area contributed by atoms with Gasteiger partial charge in [0, 0.05) is 24.9 Å². The van der Waals surface area contributed by atoms with Gasteiger partial charge in [-0.2, -0.15) is 5.26 Å². The van der Waals surface area contributed by atoms with E-state index in [1.807, 2.05) is 32.0 Å². The number of hydrogen-bond donors (Lipinski definition) is 1. The number of benzene rings is 1. The third-order valence-corrected chi connectivity index (χ3v) is 3.08. The van der Waals surface area contributed by atoms with Crippen molar-refractivity contribution in [3.05, 3.63) is 35.4 Å². The molecule has 0 bridgehead atoms. The Morgan fingerprint density at radius 1 is 1.55 bits per heavy atom. The number of aryl methyl sites for hydroxylation is 1. The molecule has 0 saturated heterocycles. The molecule has 0 fully saturated rings. The molecule has 1 aromatic carbocycles. The predicted molar refractivity (Wildman–Crippen MR) is 80.5 cm³/mol. The van der Waals surface area contributed by atoms with Crippen molar-refractivity contribution >= 4 is 17.7 Å². The Morgan fingerprint density at radius 2 is 2.25 bits per heavy atom. The van der Waals surface area contributed by atoms with Gasteiger partial charge < -0.3 is 10.0 Å². The fourth-order valence-electron chi connectivity index (χ4n) is 2.07. The van der Waals surface area contributed by atoms with Gasteiger partial charge in [-0.3, -0.25) is 0 Å². The average molecular weight is 272 g/mol. The predicted octanol–water partition coefficient (Wildman–Crippen LogP) is 3.08. The van der Waals surface area contributed by atoms with Crippen LogP contribution in [-0.4, -0.2) is 24.2 Å². The fourth-order valence-corrected chi connectivity index (χ4v) is 2.07. The summed E-state index contributed by atoms with van der Waals surface area (Å²) in [7, 11) is 0. The topological polar surface area (TPSA) is 64.3 Å². The van der Waals surface area contributed by atoms with E-state index in [2.05, 4.69) is 17.9 Å². The quantitative estimate of drug-likeness (QED) is 0.808. The molecule has 1 rings (SSSR count). The van der Waals surface area contributed by atoms with E-state index in [1.54, 1.807) is 6.08 Å². The van der Waals surface area contributed by atoms with Crippen LogP contribution in [0.15, 0.2) is 24.3 Å². The third-order valence-electron chi connectivity index (χ3n) is 3.08. The SMILES string of the molecule is CCN(CC(C)C#N)c1ccc(C=CC(=O)O)cc1C. The molecule has 106 valence electrons. The number of hydrogen-bond acceptors (Lipinski definition) is 3. The largest absolute Gasteiger partial charge is 0.478 e. The number of carboxylic acid groups (broad SMARTS) is 1. The van der Waals surface area contributed by atoms with Crippen LogP contribution < -0.4 is 4.90 Å². The first-order chi connectivity index (χ1) is 9.47. The number of anilines is 1. The summed E-state index contributed by atoms with van der Waals surface area (Å²) in [5.74, 6) is -0.981. The van der Waals surface area contributed by atoms with Crippen molar-refractivity contribution in [2.75, 3.05) is 18.0 Å². The van der Waals surface area contributed by atoms with Crippen LogP contribution in [0.3, 0.4) is 0 Å². The lowest BCUT2D eigenvalue weighted by molar-refractivity contribution is -0.131. The van der Waals surface area contributed by atoms with Crippen LogP contribution in [0, 0.1) is 24.2 Å². The maximum absolute atomic E-state index is 10.5. The molecule has 0 heterocycles. The van der Waals surface area contributed by atoms with Crippen LogP contribution in [0.5, 0.6) is 0 Å². The second-order valence-corrected chi connectivity index (χ2v) is 4.79. The van der Waals surface area contributed by atoms with E-state index in [1.165, 1.54) is 0 Å². The van der Waals surface area contributed by atoms with E-state index in [0.717, 1.165) is 29.4 Å². The molecule has 20 heavy (non-hydrogen) atoms. The Hall–Kier alpha value is -2.28. The molecule has 0 aromatic heterocycles. The summed E-state index contributed by atoms with van der Waals surface area (Å²) in [5.41, 5.74) is 3.02. The lowest BCUT2D eigenvalue weighted by Gasteiger charge is -2.26. The zero-order chi connectivity index (χ0) is 15.1. The molecule has 0 saturated carbocycles. The Morgan fingerprint density at radius 3 is 2.75 bits per heavy atom. The smallest absolute Gasteiger partial charge is 0.328 e. The molecule has 1 unspecified atom stereocenters. The maximum Gasteiger partial charge on any atom is 0.328 e. The van der Waals surface area contributed by atoms with Crippen LogP contribution in [0.1, 0.15) is 25.0 Å². The van der Waals surface area contributed by atoms with E-state index in [4.69, 9.17) is 10.4 Å². The minimum atomic E-state index is -0.954. The third kappa shape index (κ3) is 4.43. The molecule has 0 spiro atoms. The molecule has 1 aromatic rings. The van der Waals surface area contributed by atoms with Crippen LogP contribution in [0.4, 0.5) is 5.69 Å². The Kier molecular flexibility index (Phi) is 5.79. The van der Waals surface area contributed by atoms with Crippen LogP contribution >= 0.6 is 0 Å². The number of aliphatic carboxylic acids is 1. The van der Waals surface area contributed by atoms with Crippen molar-refractivity contribution in [2.45, 2.75) is 20.8 Å². The molecule has 0 aliphatic heterocycles. The number of carbonyl (C=O) groups is 1. The molecule has 1 N–H and O–H groups in total. The summed E-state index contributed by atoms with van der Waals surface area (Å²) in [6.45, 7) is 7.48. The fraction of sp³-hybridized carbons (Fsp3) is 0.375. The Bertz CT molecular complexity index is 544. The van der Waals surface area contributed by atoms with E-state index in [9.17, 15) is 4.79 Å². The van der Waals surface area contributed by atoms with E-state index < -0.39 is 5.97 Å². The second kappa shape index (κ2) is 7.34. The van der Waals surface area contributed by atoms with Crippen molar-refractivity contribution in [2.24, 2.45) is 5.92 Å². The molecule has 0 amide bonds. The van der Waals surface area contributed by atoms with Gasteiger partial charge in [-0.1, -0.05) is 6.07 Å². The van der Waals surface area contributed by atoms with Crippen molar-refractivity contribution < 1.29 is 9.90 Å². The Labute approximate surface area is 119 Å². The van der Waals surface area contributed by atoms with Crippen LogP contribution in [0.2, 0.25) is 0 Å². The highest BCUT2D eigenvalue weighted by Gasteiger charge is 2.11. The lowest BCUT2D eigenvalue weighted by Crippen LogP contribution is -2.28. The molecule has 0 aliphatic carbocycles. The highest BCUT2D eigenvalue weighted by molar-refractivity contribution is 5.85. The van der Waals surface area contributed by atoms with Gasteiger partial charge in [0.15, 0.2) is 0 Å². The van der Waals surface area contributed by atoms with Crippen LogP contribution in [-0.2, 0) is 4.79 Å². The molecule has 0 aliphatic rings. The van der Waals surface area contributed by atoms with Gasteiger partial charge in [-0.15, -0.1) is 0 Å². The lowest BCUT2D eigenvalue weighted by atomic mass is 10.1. The number of nitriles is 1. The normalized spacial score (nSPS) is 12.1. The molecular formula is C16H20N2O2. The highest BCUT2D eigenvalue weighted by atomic mass is 16.4. The van der Waals surface area contributed by atoms with Crippen molar-refractivity contribution in [1.82, 2.24) is 0 Å². The van der Waals surface area contributed by atoms with Gasteiger partial charge in [0.25, 0.3) is 0 Å². The minimum Gasteiger partial charge on any atom is -0.478 e. The monoisotopic (exact) mass is 272 g/mol. The van der Waals surface area contributed by atoms with Crippen LogP contribution in [0.25, 0.3) is 6.08 Å². The molecule has 4 heteroatoms. The summed E-state index contributed by atoms with van der Waals surface area (Å²) in [6.07, 6.45) is 2.71. The van der Waals surface area contributed by atoms with Gasteiger partial charge >= 0.3 is 5.97 Å². The Balaban J connectivity index is 2.96. The summed E-state index contributed by atoms with van der Waals surface area (Å²) in [6, 6.07) is 8.06. The molecular weight excluding hydrogens is 252 g/mol. The highest BCUT2D eigenvalue weighted by Crippen LogP contribution is 2.22.